The quantitative estimate of drug-likeness (QED) is 0.476. The van der Waals surface area contributed by atoms with Gasteiger partial charge in [0.25, 0.3) is 11.6 Å². The second-order valence-corrected chi connectivity index (χ2v) is 8.03. The number of carbonyl (C=O) groups excluding carboxylic acids is 1. The average Bonchev–Trinajstić information content (AvgIpc) is 3.29. The third-order valence-corrected chi connectivity index (χ3v) is 6.35. The van der Waals surface area contributed by atoms with Gasteiger partial charge in [0.1, 0.15) is 0 Å². The van der Waals surface area contributed by atoms with E-state index in [1.54, 1.807) is 12.1 Å². The molecule has 1 fully saturated rings. The fourth-order valence-corrected chi connectivity index (χ4v) is 4.84. The predicted octanol–water partition coefficient (Wildman–Crippen LogP) is 3.89. The summed E-state index contributed by atoms with van der Waals surface area (Å²) in [5.74, 6) is 0.483. The highest BCUT2D eigenvalue weighted by molar-refractivity contribution is 5.95. The Balaban J connectivity index is 1.47. The van der Waals surface area contributed by atoms with E-state index in [4.69, 9.17) is 4.74 Å². The minimum atomic E-state index is -0.353. The van der Waals surface area contributed by atoms with Crippen molar-refractivity contribution in [1.29, 1.82) is 0 Å². The number of nitrogens with zero attached hydrogens (tertiary/aromatic N) is 2. The molecule has 7 nitrogen and oxygen atoms in total. The first-order chi connectivity index (χ1) is 14.6. The maximum atomic E-state index is 12.9. The molecule has 1 N–H and O–H groups in total. The Kier molecular flexibility index (Phi) is 4.75. The molecule has 3 unspecified atom stereocenters. The summed E-state index contributed by atoms with van der Waals surface area (Å²) in [4.78, 5) is 25.6. The summed E-state index contributed by atoms with van der Waals surface area (Å²) in [5, 5.41) is 14.8. The van der Waals surface area contributed by atoms with Crippen molar-refractivity contribution in [2.45, 2.75) is 18.4 Å². The zero-order valence-electron chi connectivity index (χ0n) is 16.5. The summed E-state index contributed by atoms with van der Waals surface area (Å²) in [6, 6.07) is 12.7. The molecule has 0 aromatic heterocycles. The van der Waals surface area contributed by atoms with E-state index in [9.17, 15) is 14.9 Å². The maximum absolute atomic E-state index is 12.9. The Labute approximate surface area is 174 Å². The van der Waals surface area contributed by atoms with Crippen LogP contribution in [0.15, 0.2) is 54.6 Å². The average molecular weight is 405 g/mol. The Hall–Kier alpha value is -3.19. The highest BCUT2D eigenvalue weighted by Gasteiger charge is 2.38. The number of fused-ring (bicyclic) bond motifs is 3. The molecule has 154 valence electrons. The first kappa shape index (κ1) is 18.8. The zero-order chi connectivity index (χ0) is 20.7. The molecule has 1 amide bonds. The molecular formula is C23H23N3O4. The summed E-state index contributed by atoms with van der Waals surface area (Å²) in [5.41, 5.74) is 3.83. The van der Waals surface area contributed by atoms with Gasteiger partial charge in [0.2, 0.25) is 0 Å². The number of amides is 1. The minimum Gasteiger partial charge on any atom is -0.378 e. The monoisotopic (exact) mass is 405 g/mol. The van der Waals surface area contributed by atoms with Gasteiger partial charge in [-0.25, -0.2) is 0 Å². The van der Waals surface area contributed by atoms with E-state index in [2.05, 4.69) is 17.5 Å². The van der Waals surface area contributed by atoms with Crippen molar-refractivity contribution < 1.29 is 14.5 Å². The molecule has 2 heterocycles. The predicted molar refractivity (Wildman–Crippen MR) is 113 cm³/mol. The molecule has 1 aliphatic carbocycles. The topological polar surface area (TPSA) is 84.7 Å². The van der Waals surface area contributed by atoms with E-state index >= 15 is 0 Å². The standard InChI is InChI=1S/C23H23N3O4/c27-23(25-9-11-30-12-10-25)16-7-8-21-20(14-16)18-5-2-6-19(18)22(24-21)15-3-1-4-17(13-15)26(28)29/h1-5,7-8,13-14,18-19,22,24H,6,9-12H2. The largest absolute Gasteiger partial charge is 0.378 e. The van der Waals surface area contributed by atoms with E-state index in [0.717, 1.165) is 23.2 Å². The lowest BCUT2D eigenvalue weighted by Crippen LogP contribution is -2.40. The molecule has 0 spiro atoms. The fourth-order valence-electron chi connectivity index (χ4n) is 4.84. The van der Waals surface area contributed by atoms with Gasteiger partial charge in [-0.2, -0.15) is 0 Å². The van der Waals surface area contributed by atoms with Gasteiger partial charge in [-0.3, -0.25) is 14.9 Å². The molecule has 2 aromatic rings. The molecule has 3 aliphatic rings. The van der Waals surface area contributed by atoms with Gasteiger partial charge in [-0.15, -0.1) is 0 Å². The number of carbonyl (C=O) groups is 1. The van der Waals surface area contributed by atoms with Crippen molar-refractivity contribution in [1.82, 2.24) is 4.90 Å². The summed E-state index contributed by atoms with van der Waals surface area (Å²) in [6.07, 6.45) is 5.27. The molecule has 0 bridgehead atoms. The highest BCUT2D eigenvalue weighted by atomic mass is 16.6. The van der Waals surface area contributed by atoms with Crippen molar-refractivity contribution in [3.63, 3.8) is 0 Å². The normalized spacial score (nSPS) is 24.7. The number of ether oxygens (including phenoxy) is 1. The summed E-state index contributed by atoms with van der Waals surface area (Å²) in [6.45, 7) is 2.40. The number of morpholine rings is 1. The van der Waals surface area contributed by atoms with Crippen LogP contribution in [-0.2, 0) is 4.74 Å². The molecule has 5 rings (SSSR count). The van der Waals surface area contributed by atoms with E-state index < -0.39 is 0 Å². The third-order valence-electron chi connectivity index (χ3n) is 6.35. The molecule has 2 aromatic carbocycles. The third kappa shape index (κ3) is 3.25. The smallest absolute Gasteiger partial charge is 0.269 e. The van der Waals surface area contributed by atoms with Gasteiger partial charge >= 0.3 is 0 Å². The first-order valence-electron chi connectivity index (χ1n) is 10.3. The van der Waals surface area contributed by atoms with Gasteiger partial charge in [0.15, 0.2) is 0 Å². The second-order valence-electron chi connectivity index (χ2n) is 8.03. The highest BCUT2D eigenvalue weighted by Crippen LogP contribution is 2.50. The summed E-state index contributed by atoms with van der Waals surface area (Å²) < 4.78 is 5.35. The molecule has 3 atom stereocenters. The van der Waals surface area contributed by atoms with E-state index in [1.165, 1.54) is 6.07 Å². The Morgan fingerprint density at radius 2 is 2.00 bits per heavy atom. The molecule has 0 saturated carbocycles. The van der Waals surface area contributed by atoms with Crippen molar-refractivity contribution in [2.24, 2.45) is 5.92 Å². The molecular weight excluding hydrogens is 382 g/mol. The number of benzene rings is 2. The first-order valence-corrected chi connectivity index (χ1v) is 10.3. The number of rotatable bonds is 3. The van der Waals surface area contributed by atoms with Crippen molar-refractivity contribution in [3.05, 3.63) is 81.4 Å². The molecule has 1 saturated heterocycles. The SMILES string of the molecule is O=C(c1ccc2c(c1)C1C=CCC1C(c1cccc([N+](=O)[O-])c1)N2)N1CCOCC1. The van der Waals surface area contributed by atoms with Gasteiger partial charge < -0.3 is 15.0 Å². The van der Waals surface area contributed by atoms with Crippen LogP contribution in [0.4, 0.5) is 11.4 Å². The van der Waals surface area contributed by atoms with Crippen LogP contribution in [0, 0.1) is 16.0 Å². The van der Waals surface area contributed by atoms with Crippen LogP contribution in [0.2, 0.25) is 0 Å². The van der Waals surface area contributed by atoms with E-state index in [0.29, 0.717) is 31.9 Å². The van der Waals surface area contributed by atoms with Crippen LogP contribution in [0.1, 0.15) is 39.9 Å². The Morgan fingerprint density at radius 1 is 1.17 bits per heavy atom. The number of nitro benzene ring substituents is 1. The summed E-state index contributed by atoms with van der Waals surface area (Å²) in [7, 11) is 0. The minimum absolute atomic E-state index is 0.0156. The van der Waals surface area contributed by atoms with Crippen LogP contribution in [0.25, 0.3) is 0 Å². The second kappa shape index (κ2) is 7.57. The van der Waals surface area contributed by atoms with Crippen LogP contribution < -0.4 is 5.32 Å². The zero-order valence-corrected chi connectivity index (χ0v) is 16.5. The maximum Gasteiger partial charge on any atom is 0.269 e. The molecule has 2 aliphatic heterocycles. The van der Waals surface area contributed by atoms with Gasteiger partial charge in [0, 0.05) is 42.4 Å². The van der Waals surface area contributed by atoms with E-state index in [1.807, 2.05) is 29.2 Å². The number of nitro groups is 1. The van der Waals surface area contributed by atoms with Crippen LogP contribution in [-0.4, -0.2) is 42.0 Å². The molecule has 7 heteroatoms. The van der Waals surface area contributed by atoms with Crippen LogP contribution in [0.3, 0.4) is 0 Å². The Morgan fingerprint density at radius 3 is 2.80 bits per heavy atom. The number of nitrogens with one attached hydrogen (secondary N) is 1. The van der Waals surface area contributed by atoms with Crippen molar-refractivity contribution in [3.8, 4) is 0 Å². The van der Waals surface area contributed by atoms with Gasteiger partial charge in [0.05, 0.1) is 24.2 Å². The lowest BCUT2D eigenvalue weighted by Gasteiger charge is -2.38. The lowest BCUT2D eigenvalue weighted by molar-refractivity contribution is -0.384. The van der Waals surface area contributed by atoms with Gasteiger partial charge in [-0.1, -0.05) is 24.3 Å². The summed E-state index contributed by atoms with van der Waals surface area (Å²) >= 11 is 0. The van der Waals surface area contributed by atoms with Crippen molar-refractivity contribution >= 4 is 17.3 Å². The van der Waals surface area contributed by atoms with Crippen LogP contribution >= 0.6 is 0 Å². The number of allylic oxidation sites excluding steroid dienone is 2. The van der Waals surface area contributed by atoms with Gasteiger partial charge in [-0.05, 0) is 41.7 Å². The number of hydrogen-bond acceptors (Lipinski definition) is 5. The van der Waals surface area contributed by atoms with E-state index in [-0.39, 0.29) is 34.4 Å². The Bertz CT molecular complexity index is 1030. The number of hydrogen-bond donors (Lipinski definition) is 1. The van der Waals surface area contributed by atoms with Crippen molar-refractivity contribution in [2.75, 3.05) is 31.6 Å². The number of anilines is 1. The lowest BCUT2D eigenvalue weighted by atomic mass is 9.76. The van der Waals surface area contributed by atoms with Crippen LogP contribution in [0.5, 0.6) is 0 Å². The molecule has 0 radical (unpaired) electrons. The molecule has 30 heavy (non-hydrogen) atoms. The number of non-ortho nitro benzene ring substituents is 1. The fraction of sp³-hybridized carbons (Fsp3) is 0.348.